The van der Waals surface area contributed by atoms with Gasteiger partial charge in [0.2, 0.25) is 0 Å². The summed E-state index contributed by atoms with van der Waals surface area (Å²) in [5, 5.41) is 10.4. The van der Waals surface area contributed by atoms with E-state index in [9.17, 15) is 14.7 Å². The first-order valence-electron chi connectivity index (χ1n) is 7.86. The van der Waals surface area contributed by atoms with E-state index < -0.39 is 36.1 Å². The molecule has 1 aromatic carbocycles. The number of hydrogen-bond donors (Lipinski definition) is 1. The first kappa shape index (κ1) is 15.8. The minimum Gasteiger partial charge on any atom is -0.459 e. The molecular formula is C17H16N2O6. The molecule has 8 heteroatoms. The monoisotopic (exact) mass is 344 g/mol. The van der Waals surface area contributed by atoms with Crippen LogP contribution in [0.3, 0.4) is 0 Å². The number of aromatic nitrogens is 2. The van der Waals surface area contributed by atoms with Crippen molar-refractivity contribution in [1.29, 1.82) is 0 Å². The van der Waals surface area contributed by atoms with Crippen LogP contribution >= 0.6 is 0 Å². The Morgan fingerprint density at radius 1 is 1.32 bits per heavy atom. The van der Waals surface area contributed by atoms with E-state index in [0.29, 0.717) is 5.56 Å². The zero-order valence-corrected chi connectivity index (χ0v) is 13.4. The van der Waals surface area contributed by atoms with Gasteiger partial charge in [-0.15, -0.1) is 0 Å². The molecule has 8 nitrogen and oxygen atoms in total. The van der Waals surface area contributed by atoms with Crippen molar-refractivity contribution in [1.82, 2.24) is 9.55 Å². The molecule has 3 heterocycles. The average Bonchev–Trinajstić information content (AvgIpc) is 3.09. The van der Waals surface area contributed by atoms with Crippen LogP contribution in [0.2, 0.25) is 0 Å². The fourth-order valence-electron chi connectivity index (χ4n) is 2.94. The zero-order valence-electron chi connectivity index (χ0n) is 13.4. The number of aliphatic hydroxyl groups excluding tert-OH is 1. The minimum atomic E-state index is -1.01. The van der Waals surface area contributed by atoms with E-state index >= 15 is 0 Å². The second kappa shape index (κ2) is 5.98. The third-order valence-electron chi connectivity index (χ3n) is 4.30. The second-order valence-electron chi connectivity index (χ2n) is 6.06. The Kier molecular flexibility index (Phi) is 3.78. The van der Waals surface area contributed by atoms with Crippen molar-refractivity contribution in [2.45, 2.75) is 31.5 Å². The van der Waals surface area contributed by atoms with E-state index in [1.165, 1.54) is 16.8 Å². The van der Waals surface area contributed by atoms with Crippen LogP contribution in [0.4, 0.5) is 0 Å². The number of aliphatic hydroxyl groups is 1. The highest BCUT2D eigenvalue weighted by molar-refractivity contribution is 5.89. The van der Waals surface area contributed by atoms with Gasteiger partial charge in [0, 0.05) is 12.3 Å². The number of hydrogen-bond acceptors (Lipinski definition) is 7. The average molecular weight is 344 g/mol. The smallest absolute Gasteiger partial charge is 0.338 e. The van der Waals surface area contributed by atoms with E-state index in [2.05, 4.69) is 4.98 Å². The summed E-state index contributed by atoms with van der Waals surface area (Å²) in [6.07, 6.45) is -1.54. The number of esters is 1. The van der Waals surface area contributed by atoms with Crippen LogP contribution in [0, 0.1) is 6.92 Å². The van der Waals surface area contributed by atoms with Crippen molar-refractivity contribution in [2.24, 2.45) is 0 Å². The summed E-state index contributed by atoms with van der Waals surface area (Å²) in [6.45, 7) is 1.82. The molecule has 25 heavy (non-hydrogen) atoms. The lowest BCUT2D eigenvalue weighted by Gasteiger charge is -2.17. The molecule has 0 saturated carbocycles. The second-order valence-corrected chi connectivity index (χ2v) is 6.06. The maximum Gasteiger partial charge on any atom is 0.338 e. The normalized spacial score (nSPS) is 26.6. The van der Waals surface area contributed by atoms with Gasteiger partial charge in [-0.05, 0) is 19.1 Å². The van der Waals surface area contributed by atoms with Crippen LogP contribution in [0.25, 0.3) is 0 Å². The van der Waals surface area contributed by atoms with Crippen LogP contribution in [0.5, 0.6) is 6.01 Å². The molecule has 0 aliphatic carbocycles. The molecule has 2 aromatic rings. The number of fused-ring (bicyclic) bond motifs is 3. The molecule has 0 amide bonds. The Hall–Kier alpha value is -2.71. The van der Waals surface area contributed by atoms with E-state index in [4.69, 9.17) is 14.2 Å². The third kappa shape index (κ3) is 2.79. The lowest BCUT2D eigenvalue weighted by atomic mass is 10.1. The van der Waals surface area contributed by atoms with Gasteiger partial charge in [0.05, 0.1) is 5.56 Å². The minimum absolute atomic E-state index is 0.104. The molecule has 1 aromatic heterocycles. The first-order chi connectivity index (χ1) is 12.0. The number of ether oxygens (including phenoxy) is 3. The largest absolute Gasteiger partial charge is 0.459 e. The van der Waals surface area contributed by atoms with Gasteiger partial charge in [0.25, 0.3) is 5.56 Å². The molecule has 4 rings (SSSR count). The van der Waals surface area contributed by atoms with Crippen molar-refractivity contribution < 1.29 is 24.1 Å². The number of carbonyl (C=O) groups excluding carboxylic acids is 1. The fourth-order valence-corrected chi connectivity index (χ4v) is 2.94. The zero-order chi connectivity index (χ0) is 17.6. The highest BCUT2D eigenvalue weighted by Gasteiger charge is 2.51. The van der Waals surface area contributed by atoms with Crippen LogP contribution in [-0.4, -0.2) is 45.5 Å². The van der Waals surface area contributed by atoms with Crippen molar-refractivity contribution >= 4 is 5.97 Å². The van der Waals surface area contributed by atoms with E-state index in [1.54, 1.807) is 12.1 Å². The summed E-state index contributed by atoms with van der Waals surface area (Å²) >= 11 is 0. The van der Waals surface area contributed by atoms with E-state index in [0.717, 1.165) is 5.56 Å². The highest BCUT2D eigenvalue weighted by Crippen LogP contribution is 2.38. The predicted molar refractivity (Wildman–Crippen MR) is 84.3 cm³/mol. The third-order valence-corrected chi connectivity index (χ3v) is 4.30. The van der Waals surface area contributed by atoms with Gasteiger partial charge in [-0.25, -0.2) is 4.79 Å². The quantitative estimate of drug-likeness (QED) is 0.806. The van der Waals surface area contributed by atoms with Crippen molar-refractivity contribution in [3.63, 3.8) is 0 Å². The van der Waals surface area contributed by atoms with Crippen LogP contribution < -0.4 is 10.3 Å². The van der Waals surface area contributed by atoms with E-state index in [1.807, 2.05) is 19.1 Å². The summed E-state index contributed by atoms with van der Waals surface area (Å²) < 4.78 is 18.0. The Bertz CT molecular complexity index is 862. The SMILES string of the molecule is Cc1ccc(C(=O)OC[C@H]2O[C@@H]3C(Oc4nc(=O)ccn43)[C@H]2O)cc1. The van der Waals surface area contributed by atoms with Crippen LogP contribution in [-0.2, 0) is 9.47 Å². The molecule has 0 bridgehead atoms. The molecule has 1 N–H and O–H groups in total. The van der Waals surface area contributed by atoms with E-state index in [-0.39, 0.29) is 12.6 Å². The lowest BCUT2D eigenvalue weighted by Crippen LogP contribution is -2.36. The summed E-state index contributed by atoms with van der Waals surface area (Å²) in [6, 6.07) is 8.40. The fraction of sp³-hybridized carbons (Fsp3) is 0.353. The van der Waals surface area contributed by atoms with Gasteiger partial charge < -0.3 is 19.3 Å². The Morgan fingerprint density at radius 2 is 2.08 bits per heavy atom. The highest BCUT2D eigenvalue weighted by atomic mass is 16.6. The van der Waals surface area contributed by atoms with Gasteiger partial charge in [-0.3, -0.25) is 9.36 Å². The molecule has 1 unspecified atom stereocenters. The van der Waals surface area contributed by atoms with Gasteiger partial charge in [0.15, 0.2) is 12.3 Å². The molecule has 130 valence electrons. The van der Waals surface area contributed by atoms with Crippen molar-refractivity contribution in [2.75, 3.05) is 6.61 Å². The number of nitrogens with zero attached hydrogens (tertiary/aromatic N) is 2. The van der Waals surface area contributed by atoms with Crippen LogP contribution in [0.15, 0.2) is 41.3 Å². The summed E-state index contributed by atoms with van der Waals surface area (Å²) in [4.78, 5) is 27.0. The lowest BCUT2D eigenvalue weighted by molar-refractivity contribution is -0.0512. The topological polar surface area (TPSA) is 99.9 Å². The number of benzene rings is 1. The molecule has 1 saturated heterocycles. The maximum absolute atomic E-state index is 12.1. The Morgan fingerprint density at radius 3 is 2.84 bits per heavy atom. The van der Waals surface area contributed by atoms with Gasteiger partial charge >= 0.3 is 12.0 Å². The van der Waals surface area contributed by atoms with Crippen molar-refractivity contribution in [3.8, 4) is 6.01 Å². The number of carbonyl (C=O) groups is 1. The maximum atomic E-state index is 12.1. The molecule has 0 spiro atoms. The van der Waals surface area contributed by atoms with Gasteiger partial charge in [0.1, 0.15) is 18.8 Å². The summed E-state index contributed by atoms with van der Waals surface area (Å²) in [5.74, 6) is -0.487. The number of rotatable bonds is 3. The molecule has 2 aliphatic heterocycles. The Labute approximate surface area is 142 Å². The molecule has 1 fully saturated rings. The summed E-state index contributed by atoms with van der Waals surface area (Å²) in [7, 11) is 0. The molecular weight excluding hydrogens is 328 g/mol. The molecule has 0 radical (unpaired) electrons. The standard InChI is InChI=1S/C17H16N2O6/c1-9-2-4-10(5-3-9)16(22)23-8-11-13(21)14-15(24-11)19-7-6-12(20)18-17(19)25-14/h2-7,11,13-15,21H,8H2,1H3/t11-,13+,14?,15-/m1/s1. The number of aryl methyl sites for hydroxylation is 1. The Balaban J connectivity index is 1.42. The first-order valence-corrected chi connectivity index (χ1v) is 7.86. The van der Waals surface area contributed by atoms with Gasteiger partial charge in [-0.2, -0.15) is 4.98 Å². The summed E-state index contributed by atoms with van der Waals surface area (Å²) in [5.41, 5.74) is 1.05. The van der Waals surface area contributed by atoms with Crippen LogP contribution in [0.1, 0.15) is 22.1 Å². The predicted octanol–water partition coefficient (Wildman–Crippen LogP) is 0.428. The molecule has 2 aliphatic rings. The molecule has 4 atom stereocenters. The van der Waals surface area contributed by atoms with Crippen molar-refractivity contribution in [3.05, 3.63) is 58.0 Å². The van der Waals surface area contributed by atoms with Gasteiger partial charge in [-0.1, -0.05) is 17.7 Å².